The first-order valence-electron chi connectivity index (χ1n) is 3.70. The molecule has 0 unspecified atom stereocenters. The molecule has 62 valence electrons. The minimum atomic E-state index is -0.0532. The lowest BCUT2D eigenvalue weighted by molar-refractivity contribution is 0.780. The van der Waals surface area contributed by atoms with Gasteiger partial charge in [0.25, 0.3) is 0 Å². The van der Waals surface area contributed by atoms with Crippen LogP contribution in [0.2, 0.25) is 0 Å². The van der Waals surface area contributed by atoms with Gasteiger partial charge < -0.3 is 4.57 Å². The minimum Gasteiger partial charge on any atom is -0.303 e. The van der Waals surface area contributed by atoms with Crippen molar-refractivity contribution in [3.63, 3.8) is 0 Å². The van der Waals surface area contributed by atoms with Gasteiger partial charge in [0.1, 0.15) is 5.65 Å². The van der Waals surface area contributed by atoms with E-state index < -0.39 is 0 Å². The molecule has 0 atom stereocenters. The largest absolute Gasteiger partial charge is 0.333 e. The molecule has 4 nitrogen and oxygen atoms in total. The Labute approximate surface area is 69.1 Å². The van der Waals surface area contributed by atoms with Crippen molar-refractivity contribution in [2.24, 2.45) is 7.05 Å². The van der Waals surface area contributed by atoms with Crippen LogP contribution in [0.4, 0.5) is 0 Å². The van der Waals surface area contributed by atoms with Gasteiger partial charge in [-0.25, -0.2) is 14.2 Å². The summed E-state index contributed by atoms with van der Waals surface area (Å²) in [6.45, 7) is 1.86. The second kappa shape index (κ2) is 2.20. The van der Waals surface area contributed by atoms with Gasteiger partial charge in [-0.1, -0.05) is 0 Å². The number of hydrogen-bond donors (Lipinski definition) is 0. The molecule has 0 bridgehead atoms. The molecule has 0 radical (unpaired) electrons. The summed E-state index contributed by atoms with van der Waals surface area (Å²) in [5, 5.41) is 0. The Morgan fingerprint density at radius 2 is 2.25 bits per heavy atom. The van der Waals surface area contributed by atoms with Crippen LogP contribution in [0, 0.1) is 6.92 Å². The third-order valence-corrected chi connectivity index (χ3v) is 1.91. The number of nitrogens with zero attached hydrogens (tertiary/aromatic N) is 3. The highest BCUT2D eigenvalue weighted by atomic mass is 16.1. The van der Waals surface area contributed by atoms with E-state index >= 15 is 0 Å². The second-order valence-corrected chi connectivity index (χ2v) is 2.80. The van der Waals surface area contributed by atoms with Gasteiger partial charge in [-0.15, -0.1) is 0 Å². The van der Waals surface area contributed by atoms with Gasteiger partial charge in [-0.3, -0.25) is 0 Å². The van der Waals surface area contributed by atoms with Crippen LogP contribution < -0.4 is 5.69 Å². The smallest absolute Gasteiger partial charge is 0.303 e. The third-order valence-electron chi connectivity index (χ3n) is 1.91. The van der Waals surface area contributed by atoms with Gasteiger partial charge in [-0.05, 0) is 13.0 Å². The van der Waals surface area contributed by atoms with E-state index in [0.29, 0.717) is 5.65 Å². The van der Waals surface area contributed by atoms with E-state index in [1.54, 1.807) is 23.8 Å². The molecule has 0 amide bonds. The van der Waals surface area contributed by atoms with Gasteiger partial charge in [-0.2, -0.15) is 0 Å². The van der Waals surface area contributed by atoms with Crippen molar-refractivity contribution in [3.8, 4) is 0 Å². The van der Waals surface area contributed by atoms with E-state index in [9.17, 15) is 4.79 Å². The number of rotatable bonds is 0. The van der Waals surface area contributed by atoms with Crippen molar-refractivity contribution in [2.45, 2.75) is 6.92 Å². The predicted molar refractivity (Wildman–Crippen MR) is 45.2 cm³/mol. The van der Waals surface area contributed by atoms with Gasteiger partial charge in [0.2, 0.25) is 0 Å². The Morgan fingerprint density at radius 1 is 1.50 bits per heavy atom. The Hall–Kier alpha value is -1.58. The van der Waals surface area contributed by atoms with E-state index in [4.69, 9.17) is 0 Å². The molecule has 2 rings (SSSR count). The zero-order chi connectivity index (χ0) is 8.72. The number of hydrogen-bond acceptors (Lipinski definition) is 2. The first-order valence-corrected chi connectivity index (χ1v) is 3.70. The van der Waals surface area contributed by atoms with Crippen LogP contribution in [0.15, 0.2) is 23.3 Å². The Kier molecular flexibility index (Phi) is 1.30. The van der Waals surface area contributed by atoms with Crippen LogP contribution >= 0.6 is 0 Å². The molecule has 0 aromatic carbocycles. The van der Waals surface area contributed by atoms with Gasteiger partial charge in [0, 0.05) is 25.1 Å². The fourth-order valence-corrected chi connectivity index (χ4v) is 1.22. The first kappa shape index (κ1) is 7.09. The van der Waals surface area contributed by atoms with Crippen LogP contribution in [0.3, 0.4) is 0 Å². The molecule has 2 aromatic heterocycles. The summed E-state index contributed by atoms with van der Waals surface area (Å²) >= 11 is 0. The fraction of sp³-hybridized carbons (Fsp3) is 0.250. The molecule has 0 saturated heterocycles. The standard InChI is InChI=1S/C8H9N3O/c1-6-5-9-7-3-4-10(2)8(12)11(6)7/h3-5H,1-2H3. The Morgan fingerprint density at radius 3 is 3.00 bits per heavy atom. The van der Waals surface area contributed by atoms with Gasteiger partial charge in [0.15, 0.2) is 0 Å². The highest BCUT2D eigenvalue weighted by Gasteiger charge is 2.01. The molecule has 0 aliphatic heterocycles. The Balaban J connectivity index is 3.06. The van der Waals surface area contributed by atoms with E-state index in [1.165, 1.54) is 4.57 Å². The summed E-state index contributed by atoms with van der Waals surface area (Å²) in [4.78, 5) is 15.6. The zero-order valence-corrected chi connectivity index (χ0v) is 6.98. The lowest BCUT2D eigenvalue weighted by atomic mass is 10.5. The van der Waals surface area contributed by atoms with Crippen LogP contribution in [0.5, 0.6) is 0 Å². The summed E-state index contributed by atoms with van der Waals surface area (Å²) < 4.78 is 3.11. The summed E-state index contributed by atoms with van der Waals surface area (Å²) in [5.41, 5.74) is 1.52. The molecule has 4 heteroatoms. The van der Waals surface area contributed by atoms with Crippen molar-refractivity contribution >= 4 is 5.65 Å². The minimum absolute atomic E-state index is 0.0532. The quantitative estimate of drug-likeness (QED) is 0.562. The maximum absolute atomic E-state index is 11.5. The molecular weight excluding hydrogens is 154 g/mol. The van der Waals surface area contributed by atoms with Crippen LogP contribution in [-0.2, 0) is 7.05 Å². The molecule has 0 spiro atoms. The van der Waals surface area contributed by atoms with Crippen LogP contribution in [0.1, 0.15) is 5.69 Å². The highest BCUT2D eigenvalue weighted by molar-refractivity contribution is 5.37. The third kappa shape index (κ3) is 0.777. The monoisotopic (exact) mass is 163 g/mol. The number of imidazole rings is 1. The molecule has 0 saturated carbocycles. The normalized spacial score (nSPS) is 10.8. The summed E-state index contributed by atoms with van der Waals surface area (Å²) in [6, 6.07) is 1.81. The molecule has 0 aliphatic carbocycles. The van der Waals surface area contributed by atoms with Crippen molar-refractivity contribution in [1.29, 1.82) is 0 Å². The Bertz CT molecular complexity index is 480. The number of fused-ring (bicyclic) bond motifs is 1. The lowest BCUT2D eigenvalue weighted by Gasteiger charge is -1.98. The molecule has 12 heavy (non-hydrogen) atoms. The first-order chi connectivity index (χ1) is 5.70. The topological polar surface area (TPSA) is 39.3 Å². The van der Waals surface area contributed by atoms with Crippen LogP contribution in [-0.4, -0.2) is 14.0 Å². The fourth-order valence-electron chi connectivity index (χ4n) is 1.22. The van der Waals surface area contributed by atoms with Gasteiger partial charge in [0.05, 0.1) is 0 Å². The summed E-state index contributed by atoms with van der Waals surface area (Å²) in [6.07, 6.45) is 3.40. The van der Waals surface area contributed by atoms with E-state index in [0.717, 1.165) is 5.69 Å². The number of aromatic nitrogens is 3. The molecule has 2 aromatic rings. The molecule has 0 N–H and O–H groups in total. The highest BCUT2D eigenvalue weighted by Crippen LogP contribution is 1.99. The maximum Gasteiger partial charge on any atom is 0.333 e. The summed E-state index contributed by atoms with van der Waals surface area (Å²) in [7, 11) is 1.72. The lowest BCUT2D eigenvalue weighted by Crippen LogP contribution is -2.23. The van der Waals surface area contributed by atoms with Crippen molar-refractivity contribution in [1.82, 2.24) is 14.0 Å². The van der Waals surface area contributed by atoms with Gasteiger partial charge >= 0.3 is 5.69 Å². The summed E-state index contributed by atoms with van der Waals surface area (Å²) in [5.74, 6) is 0. The second-order valence-electron chi connectivity index (χ2n) is 2.80. The maximum atomic E-state index is 11.5. The van der Waals surface area contributed by atoms with Crippen molar-refractivity contribution < 1.29 is 0 Å². The predicted octanol–water partition coefficient (Wildman–Crippen LogP) is 0.341. The number of aryl methyl sites for hydroxylation is 2. The molecule has 0 fully saturated rings. The van der Waals surface area contributed by atoms with Crippen LogP contribution in [0.25, 0.3) is 5.65 Å². The van der Waals surface area contributed by atoms with E-state index in [2.05, 4.69) is 4.98 Å². The average Bonchev–Trinajstić information content (AvgIpc) is 2.41. The molecule has 2 heterocycles. The average molecular weight is 163 g/mol. The van der Waals surface area contributed by atoms with Crippen molar-refractivity contribution in [2.75, 3.05) is 0 Å². The van der Waals surface area contributed by atoms with E-state index in [1.807, 2.05) is 13.0 Å². The zero-order valence-electron chi connectivity index (χ0n) is 6.98. The van der Waals surface area contributed by atoms with E-state index in [-0.39, 0.29) is 5.69 Å². The molecule has 0 aliphatic rings. The van der Waals surface area contributed by atoms with Crippen molar-refractivity contribution in [3.05, 3.63) is 34.6 Å². The SMILES string of the molecule is Cc1cnc2ccn(C)c(=O)n12. The molecular formula is C8H9N3O.